The molecule has 106 valence electrons. The molecule has 1 rings (SSSR count). The summed E-state index contributed by atoms with van der Waals surface area (Å²) in [5.41, 5.74) is 1.78. The molecule has 0 aliphatic carbocycles. The molecule has 1 amide bonds. The standard InChI is InChI=1S/C14H18N4OS/c1-18(2)13(19)9-8-11-6-4-5-7-12(11)17-14(20-3)16-10-15/h4-7H,8-9H2,1-3H3,(H,16,17). The summed E-state index contributed by atoms with van der Waals surface area (Å²) in [6.45, 7) is 0. The van der Waals surface area contributed by atoms with Gasteiger partial charge in [0.15, 0.2) is 11.4 Å². The van der Waals surface area contributed by atoms with Gasteiger partial charge in [-0.3, -0.25) is 10.1 Å². The average molecular weight is 290 g/mol. The van der Waals surface area contributed by atoms with Gasteiger partial charge in [-0.25, -0.2) is 4.99 Å². The van der Waals surface area contributed by atoms with Gasteiger partial charge >= 0.3 is 0 Å². The second-order valence-electron chi connectivity index (χ2n) is 4.27. The van der Waals surface area contributed by atoms with Crippen LogP contribution >= 0.6 is 11.8 Å². The fraction of sp³-hybridized carbons (Fsp3) is 0.357. The summed E-state index contributed by atoms with van der Waals surface area (Å²) in [6.07, 6.45) is 4.78. The number of nitrogens with one attached hydrogen (secondary N) is 1. The normalized spacial score (nSPS) is 10.8. The number of aryl methyl sites for hydroxylation is 1. The van der Waals surface area contributed by atoms with E-state index < -0.39 is 0 Å². The van der Waals surface area contributed by atoms with E-state index in [0.717, 1.165) is 11.3 Å². The Morgan fingerprint density at radius 2 is 2.15 bits per heavy atom. The molecule has 0 radical (unpaired) electrons. The van der Waals surface area contributed by atoms with Gasteiger partial charge in [-0.2, -0.15) is 5.26 Å². The Morgan fingerprint density at radius 1 is 1.45 bits per heavy atom. The third kappa shape index (κ3) is 4.94. The fourth-order valence-corrected chi connectivity index (χ4v) is 1.92. The van der Waals surface area contributed by atoms with Gasteiger partial charge in [0.2, 0.25) is 5.91 Å². The second kappa shape index (κ2) is 8.23. The number of amides is 1. The topological polar surface area (TPSA) is 68.5 Å². The van der Waals surface area contributed by atoms with Crippen LogP contribution in [0.1, 0.15) is 12.0 Å². The molecule has 0 spiro atoms. The van der Waals surface area contributed by atoms with Gasteiger partial charge < -0.3 is 4.90 Å². The Balaban J connectivity index is 2.88. The van der Waals surface area contributed by atoms with Crippen molar-refractivity contribution in [1.82, 2.24) is 10.2 Å². The van der Waals surface area contributed by atoms with E-state index >= 15 is 0 Å². The highest BCUT2D eigenvalue weighted by atomic mass is 32.2. The first-order valence-corrected chi connectivity index (χ1v) is 7.36. The Labute approximate surface area is 123 Å². The van der Waals surface area contributed by atoms with Crippen LogP contribution < -0.4 is 5.32 Å². The first-order chi connectivity index (χ1) is 9.58. The van der Waals surface area contributed by atoms with E-state index in [1.165, 1.54) is 11.8 Å². The Hall–Kier alpha value is -2.00. The van der Waals surface area contributed by atoms with Crippen molar-refractivity contribution in [3.63, 3.8) is 0 Å². The average Bonchev–Trinajstić information content (AvgIpc) is 2.45. The molecule has 0 bridgehead atoms. The van der Waals surface area contributed by atoms with Crippen LogP contribution in [0.5, 0.6) is 0 Å². The molecule has 0 atom stereocenters. The van der Waals surface area contributed by atoms with Gasteiger partial charge in [-0.05, 0) is 24.3 Å². The van der Waals surface area contributed by atoms with E-state index in [-0.39, 0.29) is 5.91 Å². The van der Waals surface area contributed by atoms with Crippen molar-refractivity contribution in [3.05, 3.63) is 29.8 Å². The number of aliphatic imine (C=N–C) groups is 1. The lowest BCUT2D eigenvalue weighted by atomic mass is 10.1. The second-order valence-corrected chi connectivity index (χ2v) is 5.07. The molecule has 0 saturated carbocycles. The zero-order chi connectivity index (χ0) is 15.0. The molecular formula is C14H18N4OS. The van der Waals surface area contributed by atoms with Crippen LogP contribution in [-0.4, -0.2) is 36.3 Å². The largest absolute Gasteiger partial charge is 0.349 e. The Morgan fingerprint density at radius 3 is 2.75 bits per heavy atom. The van der Waals surface area contributed by atoms with Crippen molar-refractivity contribution in [2.75, 3.05) is 20.4 Å². The fourth-order valence-electron chi connectivity index (χ4n) is 1.58. The molecule has 1 aromatic rings. The molecular weight excluding hydrogens is 272 g/mol. The Kier molecular flexibility index (Phi) is 6.60. The summed E-state index contributed by atoms with van der Waals surface area (Å²) in [5, 5.41) is 11.7. The van der Waals surface area contributed by atoms with Crippen molar-refractivity contribution < 1.29 is 4.79 Å². The highest BCUT2D eigenvalue weighted by Gasteiger charge is 2.07. The number of benzene rings is 1. The zero-order valence-corrected chi connectivity index (χ0v) is 12.7. The van der Waals surface area contributed by atoms with Crippen LogP contribution in [-0.2, 0) is 11.2 Å². The lowest BCUT2D eigenvalue weighted by Crippen LogP contribution is -2.21. The molecule has 0 aliphatic rings. The first kappa shape index (κ1) is 16.1. The molecule has 0 fully saturated rings. The number of nitriles is 1. The predicted molar refractivity (Wildman–Crippen MR) is 82.8 cm³/mol. The summed E-state index contributed by atoms with van der Waals surface area (Å²) >= 11 is 1.37. The van der Waals surface area contributed by atoms with Crippen LogP contribution in [0.25, 0.3) is 0 Å². The molecule has 5 nitrogen and oxygen atoms in total. The number of hydrogen-bond donors (Lipinski definition) is 1. The predicted octanol–water partition coefficient (Wildman–Crippen LogP) is 2.13. The van der Waals surface area contributed by atoms with E-state index in [1.54, 1.807) is 19.0 Å². The van der Waals surface area contributed by atoms with Gasteiger partial charge in [-0.15, -0.1) is 0 Å². The molecule has 1 N–H and O–H groups in total. The summed E-state index contributed by atoms with van der Waals surface area (Å²) in [7, 11) is 3.49. The number of thioether (sulfide) groups is 1. The van der Waals surface area contributed by atoms with Crippen LogP contribution in [0.4, 0.5) is 5.69 Å². The lowest BCUT2D eigenvalue weighted by Gasteiger charge is -2.11. The van der Waals surface area contributed by atoms with Crippen LogP contribution in [0.2, 0.25) is 0 Å². The minimum Gasteiger partial charge on any atom is -0.349 e. The summed E-state index contributed by atoms with van der Waals surface area (Å²) in [6, 6.07) is 7.64. The van der Waals surface area contributed by atoms with Crippen molar-refractivity contribution in [3.8, 4) is 6.19 Å². The number of rotatable bonds is 4. The number of carbonyl (C=O) groups excluding carboxylic acids is 1. The van der Waals surface area contributed by atoms with Crippen molar-refractivity contribution in [2.45, 2.75) is 12.8 Å². The summed E-state index contributed by atoms with van der Waals surface area (Å²) in [4.78, 5) is 17.6. The molecule has 1 aromatic carbocycles. The van der Waals surface area contributed by atoms with Gasteiger partial charge in [0.05, 0.1) is 5.69 Å². The third-order valence-corrected chi connectivity index (χ3v) is 3.26. The summed E-state index contributed by atoms with van der Waals surface area (Å²) in [5.74, 6) is 0.0871. The molecule has 0 aromatic heterocycles. The maximum absolute atomic E-state index is 11.6. The van der Waals surface area contributed by atoms with E-state index in [0.29, 0.717) is 18.0 Å². The maximum Gasteiger partial charge on any atom is 0.222 e. The first-order valence-electron chi connectivity index (χ1n) is 6.14. The van der Waals surface area contributed by atoms with Crippen LogP contribution in [0, 0.1) is 11.5 Å². The minimum atomic E-state index is 0.0871. The van der Waals surface area contributed by atoms with Crippen molar-refractivity contribution in [2.24, 2.45) is 4.99 Å². The van der Waals surface area contributed by atoms with E-state index in [9.17, 15) is 4.79 Å². The van der Waals surface area contributed by atoms with Crippen molar-refractivity contribution in [1.29, 1.82) is 5.26 Å². The van der Waals surface area contributed by atoms with Crippen molar-refractivity contribution >= 4 is 28.5 Å². The Bertz CT molecular complexity index is 534. The number of nitrogens with zero attached hydrogens (tertiary/aromatic N) is 3. The van der Waals surface area contributed by atoms with Crippen LogP contribution in [0.3, 0.4) is 0 Å². The molecule has 0 heterocycles. The van der Waals surface area contributed by atoms with Gasteiger partial charge in [0.25, 0.3) is 0 Å². The van der Waals surface area contributed by atoms with E-state index in [2.05, 4.69) is 10.3 Å². The number of para-hydroxylation sites is 1. The van der Waals surface area contributed by atoms with E-state index in [1.807, 2.05) is 36.7 Å². The zero-order valence-electron chi connectivity index (χ0n) is 11.9. The quantitative estimate of drug-likeness (QED) is 0.399. The van der Waals surface area contributed by atoms with Gasteiger partial charge in [-0.1, -0.05) is 30.0 Å². The molecule has 0 saturated heterocycles. The number of hydrogen-bond acceptors (Lipinski definition) is 4. The van der Waals surface area contributed by atoms with Crippen LogP contribution in [0.15, 0.2) is 29.3 Å². The minimum absolute atomic E-state index is 0.0871. The van der Waals surface area contributed by atoms with Gasteiger partial charge in [0.1, 0.15) is 0 Å². The molecule has 0 unspecified atom stereocenters. The SMILES string of the molecule is CSC(=Nc1ccccc1CCC(=O)N(C)C)NC#N. The smallest absolute Gasteiger partial charge is 0.222 e. The summed E-state index contributed by atoms with van der Waals surface area (Å²) < 4.78 is 0. The van der Waals surface area contributed by atoms with E-state index in [4.69, 9.17) is 5.26 Å². The molecule has 20 heavy (non-hydrogen) atoms. The monoisotopic (exact) mass is 290 g/mol. The molecule has 0 aliphatic heterocycles. The highest BCUT2D eigenvalue weighted by Crippen LogP contribution is 2.21. The number of amidine groups is 1. The maximum atomic E-state index is 11.6. The van der Waals surface area contributed by atoms with Gasteiger partial charge in [0, 0.05) is 20.5 Å². The molecule has 6 heteroatoms. The lowest BCUT2D eigenvalue weighted by molar-refractivity contribution is -0.128. The third-order valence-electron chi connectivity index (χ3n) is 2.68. The number of carbonyl (C=O) groups is 1. The highest BCUT2D eigenvalue weighted by molar-refractivity contribution is 8.13.